The Kier molecular flexibility index (Phi) is 7.12. The summed E-state index contributed by atoms with van der Waals surface area (Å²) in [6.45, 7) is 5.21. The molecule has 0 aliphatic carbocycles. The topological polar surface area (TPSA) is 39.0 Å². The maximum atomic E-state index is 6.52. The normalized spacial score (nSPS) is 15.5. The number of nitrogens with zero attached hydrogens (tertiary/aromatic N) is 3. The number of ether oxygens (including phenoxy) is 2. The number of methoxy groups -OCH3 is 1. The van der Waals surface area contributed by atoms with Crippen LogP contribution < -0.4 is 9.54 Å². The second kappa shape index (κ2) is 9.98. The van der Waals surface area contributed by atoms with E-state index in [-0.39, 0.29) is 0 Å². The molecule has 1 aliphatic heterocycles. The molecule has 4 rings (SSSR count). The molecule has 8 heteroatoms. The zero-order valence-electron chi connectivity index (χ0n) is 16.7. The van der Waals surface area contributed by atoms with Crippen LogP contribution in [0.5, 0.6) is 5.75 Å². The monoisotopic (exact) mass is 463 g/mol. The Morgan fingerprint density at radius 3 is 2.53 bits per heavy atom. The zero-order chi connectivity index (χ0) is 20.9. The number of aromatic nitrogens is 1. The van der Waals surface area contributed by atoms with Crippen LogP contribution in [0.4, 0.5) is 5.69 Å². The highest BCUT2D eigenvalue weighted by Crippen LogP contribution is 2.31. The van der Waals surface area contributed by atoms with Crippen LogP contribution in [0, 0.1) is 0 Å². The number of hydrogen-bond donors (Lipinski definition) is 0. The van der Waals surface area contributed by atoms with Crippen molar-refractivity contribution in [3.05, 3.63) is 62.7 Å². The summed E-state index contributed by atoms with van der Waals surface area (Å²) >= 11 is 14.2. The Bertz CT molecular complexity index is 1060. The van der Waals surface area contributed by atoms with Crippen molar-refractivity contribution in [1.29, 1.82) is 0 Å². The van der Waals surface area contributed by atoms with E-state index in [1.54, 1.807) is 24.5 Å². The summed E-state index contributed by atoms with van der Waals surface area (Å²) in [5.41, 5.74) is 2.88. The van der Waals surface area contributed by atoms with Crippen molar-refractivity contribution in [2.24, 2.45) is 4.99 Å². The molecule has 1 aromatic heterocycles. The van der Waals surface area contributed by atoms with Crippen LogP contribution in [0.3, 0.4) is 0 Å². The average Bonchev–Trinajstić information content (AvgIpc) is 3.15. The van der Waals surface area contributed by atoms with Gasteiger partial charge in [0.15, 0.2) is 4.80 Å². The fraction of sp³-hybridized carbons (Fsp3) is 0.318. The molecule has 0 saturated carbocycles. The second-order valence-electron chi connectivity index (χ2n) is 6.94. The van der Waals surface area contributed by atoms with Crippen LogP contribution in [0.2, 0.25) is 10.0 Å². The van der Waals surface area contributed by atoms with Crippen LogP contribution in [0.1, 0.15) is 0 Å². The summed E-state index contributed by atoms with van der Waals surface area (Å²) in [6, 6.07) is 13.4. The van der Waals surface area contributed by atoms with Gasteiger partial charge < -0.3 is 14.0 Å². The highest BCUT2D eigenvalue weighted by atomic mass is 35.5. The van der Waals surface area contributed by atoms with Crippen LogP contribution in [0.15, 0.2) is 52.8 Å². The van der Waals surface area contributed by atoms with Gasteiger partial charge >= 0.3 is 0 Å². The number of halogens is 2. The van der Waals surface area contributed by atoms with E-state index >= 15 is 0 Å². The Morgan fingerprint density at radius 1 is 1.07 bits per heavy atom. The summed E-state index contributed by atoms with van der Waals surface area (Å²) < 4.78 is 13.0. The Morgan fingerprint density at radius 2 is 1.83 bits per heavy atom. The summed E-state index contributed by atoms with van der Waals surface area (Å²) in [6.07, 6.45) is 0. The third-order valence-corrected chi connectivity index (χ3v) is 6.46. The standard InChI is InChI=1S/C22H23Cl2N3O2S/c1-28-18-5-3-17(4-6-18)25-22-27(9-8-26-10-12-29-13-11-26)21(15-30-22)19-7-2-16(23)14-20(19)24/h2-7,14-15H,8-13H2,1H3. The van der Waals surface area contributed by atoms with E-state index in [0.717, 1.165) is 66.9 Å². The van der Waals surface area contributed by atoms with Crippen molar-refractivity contribution in [2.75, 3.05) is 40.0 Å². The Balaban J connectivity index is 1.71. The van der Waals surface area contributed by atoms with Gasteiger partial charge in [-0.05, 0) is 42.5 Å². The van der Waals surface area contributed by atoms with Gasteiger partial charge in [0.1, 0.15) is 5.75 Å². The van der Waals surface area contributed by atoms with Gasteiger partial charge in [0.05, 0.1) is 36.7 Å². The van der Waals surface area contributed by atoms with E-state index in [9.17, 15) is 0 Å². The van der Waals surface area contributed by atoms with Crippen molar-refractivity contribution in [3.63, 3.8) is 0 Å². The fourth-order valence-corrected chi connectivity index (χ4v) is 4.83. The lowest BCUT2D eigenvalue weighted by molar-refractivity contribution is 0.0363. The van der Waals surface area contributed by atoms with Gasteiger partial charge in [-0.3, -0.25) is 4.90 Å². The van der Waals surface area contributed by atoms with Crippen molar-refractivity contribution in [3.8, 4) is 17.0 Å². The third-order valence-electron chi connectivity index (χ3n) is 5.05. The SMILES string of the molecule is COc1ccc(N=c2scc(-c3ccc(Cl)cc3Cl)n2CCN2CCOCC2)cc1. The molecule has 30 heavy (non-hydrogen) atoms. The maximum Gasteiger partial charge on any atom is 0.190 e. The number of hydrogen-bond acceptors (Lipinski definition) is 5. The van der Waals surface area contributed by atoms with Gasteiger partial charge in [0, 0.05) is 42.1 Å². The van der Waals surface area contributed by atoms with Crippen LogP contribution in [0.25, 0.3) is 11.3 Å². The molecule has 1 fully saturated rings. The molecule has 2 aromatic carbocycles. The predicted molar refractivity (Wildman–Crippen MR) is 123 cm³/mol. The highest BCUT2D eigenvalue weighted by molar-refractivity contribution is 7.07. The zero-order valence-corrected chi connectivity index (χ0v) is 19.0. The van der Waals surface area contributed by atoms with Crippen LogP contribution in [-0.4, -0.2) is 49.4 Å². The first kappa shape index (κ1) is 21.4. The number of benzene rings is 2. The van der Waals surface area contributed by atoms with Gasteiger partial charge in [-0.1, -0.05) is 23.2 Å². The molecule has 2 heterocycles. The highest BCUT2D eigenvalue weighted by Gasteiger charge is 2.15. The molecule has 0 spiro atoms. The molecule has 0 unspecified atom stereocenters. The lowest BCUT2D eigenvalue weighted by Gasteiger charge is -2.27. The largest absolute Gasteiger partial charge is 0.497 e. The van der Waals surface area contributed by atoms with Crippen LogP contribution >= 0.6 is 34.5 Å². The van der Waals surface area contributed by atoms with Crippen molar-refractivity contribution in [1.82, 2.24) is 9.47 Å². The van der Waals surface area contributed by atoms with Gasteiger partial charge in [0.2, 0.25) is 0 Å². The summed E-state index contributed by atoms with van der Waals surface area (Å²) in [5.74, 6) is 0.814. The summed E-state index contributed by atoms with van der Waals surface area (Å²) in [7, 11) is 1.66. The van der Waals surface area contributed by atoms with Crippen LogP contribution in [-0.2, 0) is 11.3 Å². The smallest absolute Gasteiger partial charge is 0.190 e. The lowest BCUT2D eigenvalue weighted by Crippen LogP contribution is -2.39. The van der Waals surface area contributed by atoms with Gasteiger partial charge in [0.25, 0.3) is 0 Å². The van der Waals surface area contributed by atoms with E-state index in [2.05, 4.69) is 14.8 Å². The molecule has 0 N–H and O–H groups in total. The van der Waals surface area contributed by atoms with E-state index < -0.39 is 0 Å². The quantitative estimate of drug-likeness (QED) is 0.510. The summed E-state index contributed by atoms with van der Waals surface area (Å²) in [5, 5.41) is 3.37. The number of morpholine rings is 1. The minimum absolute atomic E-state index is 0.627. The lowest BCUT2D eigenvalue weighted by atomic mass is 10.1. The molecule has 5 nitrogen and oxygen atoms in total. The maximum absolute atomic E-state index is 6.52. The molecular weight excluding hydrogens is 441 g/mol. The number of rotatable bonds is 6. The minimum Gasteiger partial charge on any atom is -0.497 e. The molecule has 0 radical (unpaired) electrons. The van der Waals surface area contributed by atoms with Crippen molar-refractivity contribution >= 4 is 40.2 Å². The van der Waals surface area contributed by atoms with Crippen molar-refractivity contribution in [2.45, 2.75) is 6.54 Å². The Hall–Kier alpha value is -1.83. The third kappa shape index (κ3) is 5.07. The molecule has 1 saturated heterocycles. The molecule has 0 amide bonds. The van der Waals surface area contributed by atoms with Gasteiger partial charge in [-0.2, -0.15) is 0 Å². The van der Waals surface area contributed by atoms with Crippen molar-refractivity contribution < 1.29 is 9.47 Å². The van der Waals surface area contributed by atoms with E-state index in [0.29, 0.717) is 10.0 Å². The number of thiazole rings is 1. The second-order valence-corrected chi connectivity index (χ2v) is 8.62. The van der Waals surface area contributed by atoms with E-state index in [4.69, 9.17) is 37.7 Å². The van der Waals surface area contributed by atoms with E-state index in [1.807, 2.05) is 36.4 Å². The predicted octanol–water partition coefficient (Wildman–Crippen LogP) is 5.10. The van der Waals surface area contributed by atoms with E-state index in [1.165, 1.54) is 0 Å². The molecule has 0 atom stereocenters. The fourth-order valence-electron chi connectivity index (χ4n) is 3.38. The molecule has 158 valence electrons. The Labute approximate surface area is 190 Å². The average molecular weight is 464 g/mol. The molecule has 0 bridgehead atoms. The minimum atomic E-state index is 0.627. The molecule has 3 aromatic rings. The first-order valence-corrected chi connectivity index (χ1v) is 11.4. The first-order chi connectivity index (χ1) is 14.6. The van der Waals surface area contributed by atoms with Gasteiger partial charge in [-0.15, -0.1) is 11.3 Å². The first-order valence-electron chi connectivity index (χ1n) is 9.76. The van der Waals surface area contributed by atoms with Gasteiger partial charge in [-0.25, -0.2) is 4.99 Å². The molecule has 1 aliphatic rings. The molecular formula is C22H23Cl2N3O2S. The summed E-state index contributed by atoms with van der Waals surface area (Å²) in [4.78, 5) is 8.23.